The minimum Gasteiger partial charge on any atom is -0.396 e. The zero-order valence-electron chi connectivity index (χ0n) is 9.09. The number of hydrogen-bond donors (Lipinski definition) is 3. The highest BCUT2D eigenvalue weighted by atomic mass is 16.3. The van der Waals surface area contributed by atoms with Crippen molar-refractivity contribution in [3.63, 3.8) is 0 Å². The van der Waals surface area contributed by atoms with Crippen molar-refractivity contribution in [2.24, 2.45) is 11.3 Å². The molecule has 2 fully saturated rings. The summed E-state index contributed by atoms with van der Waals surface area (Å²) in [5.74, 6) is 0.816. The molecule has 1 amide bonds. The van der Waals surface area contributed by atoms with Gasteiger partial charge in [0.05, 0.1) is 6.54 Å². The van der Waals surface area contributed by atoms with Gasteiger partial charge in [-0.25, -0.2) is 0 Å². The predicted octanol–water partition coefficient (Wildman–Crippen LogP) is -0.125. The van der Waals surface area contributed by atoms with Crippen LogP contribution in [0.2, 0.25) is 0 Å². The van der Waals surface area contributed by atoms with E-state index in [0.717, 1.165) is 31.8 Å². The Morgan fingerprint density at radius 3 is 2.67 bits per heavy atom. The van der Waals surface area contributed by atoms with Gasteiger partial charge in [-0.1, -0.05) is 0 Å². The third kappa shape index (κ3) is 3.47. The lowest BCUT2D eigenvalue weighted by molar-refractivity contribution is -0.120. The fourth-order valence-corrected chi connectivity index (χ4v) is 1.65. The van der Waals surface area contributed by atoms with Gasteiger partial charge in [0.2, 0.25) is 5.91 Å². The Kier molecular flexibility index (Phi) is 3.26. The molecule has 2 saturated carbocycles. The van der Waals surface area contributed by atoms with Crippen LogP contribution in [0.3, 0.4) is 0 Å². The van der Waals surface area contributed by atoms with E-state index in [0.29, 0.717) is 6.54 Å². The van der Waals surface area contributed by atoms with E-state index in [2.05, 4.69) is 10.6 Å². The van der Waals surface area contributed by atoms with E-state index in [4.69, 9.17) is 5.11 Å². The molecule has 0 unspecified atom stereocenters. The Bertz CT molecular complexity index is 235. The second-order valence-corrected chi connectivity index (χ2v) is 5.01. The number of nitrogens with one attached hydrogen (secondary N) is 2. The lowest BCUT2D eigenvalue weighted by atomic mass is 10.1. The van der Waals surface area contributed by atoms with Crippen molar-refractivity contribution in [3.8, 4) is 0 Å². The molecule has 0 aromatic heterocycles. The second-order valence-electron chi connectivity index (χ2n) is 5.01. The number of carbonyl (C=O) groups excluding carboxylic acids is 1. The molecule has 86 valence electrons. The quantitative estimate of drug-likeness (QED) is 0.551. The number of hydrogen-bond acceptors (Lipinski definition) is 3. The lowest BCUT2D eigenvalue weighted by Crippen LogP contribution is -2.37. The van der Waals surface area contributed by atoms with Gasteiger partial charge in [-0.05, 0) is 31.6 Å². The molecule has 0 saturated heterocycles. The minimum atomic E-state index is 0.0793. The van der Waals surface area contributed by atoms with Crippen LogP contribution in [0, 0.1) is 11.3 Å². The molecule has 3 N–H and O–H groups in total. The number of rotatable bonds is 7. The maximum atomic E-state index is 11.3. The first-order chi connectivity index (χ1) is 7.24. The summed E-state index contributed by atoms with van der Waals surface area (Å²) < 4.78 is 0. The third-order valence-electron chi connectivity index (χ3n) is 3.36. The van der Waals surface area contributed by atoms with Crippen LogP contribution in [0.1, 0.15) is 25.7 Å². The van der Waals surface area contributed by atoms with E-state index < -0.39 is 0 Å². The van der Waals surface area contributed by atoms with Crippen LogP contribution in [0.4, 0.5) is 0 Å². The molecule has 0 heterocycles. The Morgan fingerprint density at radius 2 is 2.13 bits per heavy atom. The summed E-state index contributed by atoms with van der Waals surface area (Å²) in [6.45, 7) is 2.23. The van der Waals surface area contributed by atoms with Crippen molar-refractivity contribution in [2.75, 3.05) is 26.2 Å². The standard InChI is InChI=1S/C11H20N2O2/c14-8-11(3-4-11)7-12-6-10(15)13-5-9-1-2-9/h9,12,14H,1-8H2,(H,13,15). The van der Waals surface area contributed by atoms with Crippen LogP contribution < -0.4 is 10.6 Å². The summed E-state index contributed by atoms with van der Waals surface area (Å²) in [5, 5.41) is 15.1. The van der Waals surface area contributed by atoms with E-state index in [-0.39, 0.29) is 17.9 Å². The van der Waals surface area contributed by atoms with Crippen LogP contribution in [-0.2, 0) is 4.79 Å². The monoisotopic (exact) mass is 212 g/mol. The minimum absolute atomic E-state index is 0.0793. The summed E-state index contributed by atoms with van der Waals surface area (Å²) in [7, 11) is 0. The van der Waals surface area contributed by atoms with Crippen molar-refractivity contribution in [2.45, 2.75) is 25.7 Å². The van der Waals surface area contributed by atoms with Gasteiger partial charge < -0.3 is 15.7 Å². The normalized spacial score (nSPS) is 22.5. The number of aliphatic hydroxyl groups is 1. The van der Waals surface area contributed by atoms with Crippen LogP contribution in [0.5, 0.6) is 0 Å². The van der Waals surface area contributed by atoms with Crippen LogP contribution in [0.25, 0.3) is 0 Å². The highest BCUT2D eigenvalue weighted by Gasteiger charge is 2.41. The highest BCUT2D eigenvalue weighted by molar-refractivity contribution is 5.78. The molecule has 0 radical (unpaired) electrons. The van der Waals surface area contributed by atoms with Gasteiger partial charge in [0.15, 0.2) is 0 Å². The summed E-state index contributed by atoms with van der Waals surface area (Å²) in [6.07, 6.45) is 4.70. The fraction of sp³-hybridized carbons (Fsp3) is 0.909. The average Bonchev–Trinajstić information content (AvgIpc) is 3.11. The predicted molar refractivity (Wildman–Crippen MR) is 57.4 cm³/mol. The molecule has 0 aromatic carbocycles. The van der Waals surface area contributed by atoms with Crippen molar-refractivity contribution in [1.29, 1.82) is 0 Å². The molecule has 2 rings (SSSR count). The Labute approximate surface area is 90.4 Å². The highest BCUT2D eigenvalue weighted by Crippen LogP contribution is 2.44. The first kappa shape index (κ1) is 10.9. The van der Waals surface area contributed by atoms with Crippen LogP contribution in [-0.4, -0.2) is 37.3 Å². The van der Waals surface area contributed by atoms with Crippen molar-refractivity contribution in [3.05, 3.63) is 0 Å². The maximum Gasteiger partial charge on any atom is 0.233 e. The Balaban J connectivity index is 1.50. The topological polar surface area (TPSA) is 61.4 Å². The molecule has 0 spiro atoms. The zero-order valence-corrected chi connectivity index (χ0v) is 9.09. The second kappa shape index (κ2) is 4.49. The summed E-state index contributed by atoms with van der Waals surface area (Å²) >= 11 is 0. The molecule has 0 aliphatic heterocycles. The van der Waals surface area contributed by atoms with Gasteiger partial charge in [0.1, 0.15) is 0 Å². The molecule has 2 aliphatic rings. The summed E-state index contributed by atoms with van der Waals surface area (Å²) in [6, 6.07) is 0. The number of amides is 1. The maximum absolute atomic E-state index is 11.3. The fourth-order valence-electron chi connectivity index (χ4n) is 1.65. The smallest absolute Gasteiger partial charge is 0.233 e. The molecule has 15 heavy (non-hydrogen) atoms. The van der Waals surface area contributed by atoms with Crippen molar-refractivity contribution in [1.82, 2.24) is 10.6 Å². The molecular formula is C11H20N2O2. The third-order valence-corrected chi connectivity index (χ3v) is 3.36. The SMILES string of the molecule is O=C(CNCC1(CO)CC1)NCC1CC1. The molecule has 4 nitrogen and oxygen atoms in total. The Hall–Kier alpha value is -0.610. The molecule has 2 aliphatic carbocycles. The van der Waals surface area contributed by atoms with E-state index in [1.165, 1.54) is 12.8 Å². The van der Waals surface area contributed by atoms with E-state index in [1.807, 2.05) is 0 Å². The van der Waals surface area contributed by atoms with E-state index >= 15 is 0 Å². The molecule has 0 atom stereocenters. The summed E-state index contributed by atoms with van der Waals surface area (Å²) in [5.41, 5.74) is 0.0940. The van der Waals surface area contributed by atoms with Gasteiger partial charge in [-0.3, -0.25) is 4.79 Å². The molecule has 4 heteroatoms. The average molecular weight is 212 g/mol. The van der Waals surface area contributed by atoms with E-state index in [1.54, 1.807) is 0 Å². The van der Waals surface area contributed by atoms with Gasteiger partial charge in [-0.15, -0.1) is 0 Å². The van der Waals surface area contributed by atoms with Gasteiger partial charge >= 0.3 is 0 Å². The lowest BCUT2D eigenvalue weighted by Gasteiger charge is -2.12. The first-order valence-electron chi connectivity index (χ1n) is 5.82. The van der Waals surface area contributed by atoms with Crippen LogP contribution >= 0.6 is 0 Å². The van der Waals surface area contributed by atoms with Gasteiger partial charge in [0.25, 0.3) is 0 Å². The zero-order chi connectivity index (χ0) is 10.7. The van der Waals surface area contributed by atoms with Gasteiger partial charge in [-0.2, -0.15) is 0 Å². The largest absolute Gasteiger partial charge is 0.396 e. The Morgan fingerprint density at radius 1 is 1.40 bits per heavy atom. The summed E-state index contributed by atoms with van der Waals surface area (Å²) in [4.78, 5) is 11.3. The number of aliphatic hydroxyl groups excluding tert-OH is 1. The van der Waals surface area contributed by atoms with Crippen LogP contribution in [0.15, 0.2) is 0 Å². The first-order valence-corrected chi connectivity index (χ1v) is 5.82. The molecule has 0 bridgehead atoms. The molecular weight excluding hydrogens is 192 g/mol. The van der Waals surface area contributed by atoms with E-state index in [9.17, 15) is 4.79 Å². The number of carbonyl (C=O) groups is 1. The van der Waals surface area contributed by atoms with Gasteiger partial charge in [0, 0.05) is 25.1 Å². The van der Waals surface area contributed by atoms with Crippen molar-refractivity contribution >= 4 is 5.91 Å². The molecule has 0 aromatic rings. The van der Waals surface area contributed by atoms with Crippen molar-refractivity contribution < 1.29 is 9.90 Å².